The Bertz CT molecular complexity index is 850. The van der Waals surface area contributed by atoms with Gasteiger partial charge in [-0.3, -0.25) is 14.4 Å². The number of carbonyl (C=O) groups is 3. The fraction of sp³-hybridized carbons (Fsp3) is 0.526. The van der Waals surface area contributed by atoms with E-state index in [1.54, 1.807) is 0 Å². The molecule has 1 aromatic carbocycles. The zero-order valence-electron chi connectivity index (χ0n) is 17.5. The highest BCUT2D eigenvalue weighted by atomic mass is 127. The van der Waals surface area contributed by atoms with Crippen LogP contribution >= 0.6 is 67.8 Å². The van der Waals surface area contributed by atoms with E-state index in [2.05, 4.69) is 10.6 Å². The maximum atomic E-state index is 13.0. The minimum Gasteiger partial charge on any atom is -0.394 e. The number of rotatable bonds is 11. The third-order valence-corrected chi connectivity index (χ3v) is 7.71. The van der Waals surface area contributed by atoms with Gasteiger partial charge < -0.3 is 36.0 Å². The van der Waals surface area contributed by atoms with Crippen molar-refractivity contribution in [2.45, 2.75) is 31.9 Å². The van der Waals surface area contributed by atoms with Crippen LogP contribution in [0.2, 0.25) is 0 Å². The lowest BCUT2D eigenvalue weighted by Gasteiger charge is -2.28. The molecule has 0 fully saturated rings. The van der Waals surface area contributed by atoms with Crippen molar-refractivity contribution in [3.63, 3.8) is 0 Å². The molecule has 0 spiro atoms. The minimum absolute atomic E-state index is 0.147. The van der Waals surface area contributed by atoms with Crippen molar-refractivity contribution in [1.82, 2.24) is 10.6 Å². The first-order valence-corrected chi connectivity index (χ1v) is 12.8. The summed E-state index contributed by atoms with van der Waals surface area (Å²) in [6, 6.07) is -0.885. The number of aliphatic hydroxyl groups excluding tert-OH is 4. The van der Waals surface area contributed by atoms with Crippen LogP contribution < -0.4 is 15.5 Å². The number of hydrogen-bond acceptors (Lipinski definition) is 7. The lowest BCUT2D eigenvalue weighted by atomic mass is 10.1. The molecule has 0 bridgehead atoms. The van der Waals surface area contributed by atoms with E-state index >= 15 is 0 Å². The smallest absolute Gasteiger partial charge is 0.253 e. The lowest BCUT2D eigenvalue weighted by molar-refractivity contribution is -0.116. The second-order valence-corrected chi connectivity index (χ2v) is 10.0. The number of hydrogen-bond donors (Lipinski definition) is 6. The van der Waals surface area contributed by atoms with Crippen LogP contribution in [0.5, 0.6) is 0 Å². The number of nitrogens with zero attached hydrogens (tertiary/aromatic N) is 1. The molecule has 13 heteroatoms. The predicted molar refractivity (Wildman–Crippen MR) is 144 cm³/mol. The molecule has 0 radical (unpaired) electrons. The Kier molecular flexibility index (Phi) is 13.1. The van der Waals surface area contributed by atoms with Crippen molar-refractivity contribution in [2.75, 3.05) is 38.3 Å². The molecule has 1 unspecified atom stereocenters. The molecular formula is C19H26I3N3O7. The number of benzene rings is 1. The molecule has 1 atom stereocenters. The maximum Gasteiger partial charge on any atom is 0.253 e. The summed E-state index contributed by atoms with van der Waals surface area (Å²) in [5, 5.41) is 42.4. The van der Waals surface area contributed by atoms with Crippen LogP contribution in [0.1, 0.15) is 40.5 Å². The van der Waals surface area contributed by atoms with Crippen molar-refractivity contribution in [1.29, 1.82) is 0 Å². The first-order valence-electron chi connectivity index (χ1n) is 9.57. The first kappa shape index (κ1) is 29.7. The van der Waals surface area contributed by atoms with E-state index in [1.165, 1.54) is 18.9 Å². The summed E-state index contributed by atoms with van der Waals surface area (Å²) >= 11 is 5.80. The first-order chi connectivity index (χ1) is 15.0. The van der Waals surface area contributed by atoms with Gasteiger partial charge in [-0.1, -0.05) is 0 Å². The summed E-state index contributed by atoms with van der Waals surface area (Å²) < 4.78 is 1.27. The molecule has 0 aliphatic heterocycles. The van der Waals surface area contributed by atoms with Crippen molar-refractivity contribution >= 4 is 91.2 Å². The molecule has 3 amide bonds. The van der Waals surface area contributed by atoms with Gasteiger partial charge in [0.05, 0.1) is 55.9 Å². The molecule has 0 heterocycles. The molecule has 10 nitrogen and oxygen atoms in total. The Hall–Kier alpha value is -0.340. The van der Waals surface area contributed by atoms with Crippen molar-refractivity contribution in [3.05, 3.63) is 21.8 Å². The Balaban J connectivity index is 3.66. The third-order valence-electron chi connectivity index (χ3n) is 4.53. The van der Waals surface area contributed by atoms with E-state index in [9.17, 15) is 29.7 Å². The summed E-state index contributed by atoms with van der Waals surface area (Å²) in [6.07, 6.45) is -0.259. The Morgan fingerprint density at radius 2 is 1.47 bits per heavy atom. The molecule has 0 aliphatic carbocycles. The molecule has 1 rings (SSSR count). The third kappa shape index (κ3) is 7.33. The zero-order chi connectivity index (χ0) is 24.6. The highest BCUT2D eigenvalue weighted by Crippen LogP contribution is 2.38. The van der Waals surface area contributed by atoms with E-state index in [4.69, 9.17) is 5.11 Å². The van der Waals surface area contributed by atoms with Gasteiger partial charge in [-0.05, 0) is 80.6 Å². The Morgan fingerprint density at radius 1 is 0.938 bits per heavy atom. The topological polar surface area (TPSA) is 159 Å². The summed E-state index contributed by atoms with van der Waals surface area (Å²) in [7, 11) is 1.46. The highest BCUT2D eigenvalue weighted by Gasteiger charge is 2.31. The molecule has 6 N–H and O–H groups in total. The summed E-state index contributed by atoms with van der Waals surface area (Å²) in [4.78, 5) is 39.7. The van der Waals surface area contributed by atoms with E-state index in [0.717, 1.165) is 0 Å². The van der Waals surface area contributed by atoms with Gasteiger partial charge in [0.25, 0.3) is 11.8 Å². The number of nitrogens with one attached hydrogen (secondary N) is 2. The molecule has 32 heavy (non-hydrogen) atoms. The summed E-state index contributed by atoms with van der Waals surface area (Å²) in [5.74, 6) is -1.36. The van der Waals surface area contributed by atoms with Crippen LogP contribution in [0.4, 0.5) is 5.69 Å². The van der Waals surface area contributed by atoms with E-state index in [0.29, 0.717) is 22.8 Å². The number of amides is 3. The Labute approximate surface area is 226 Å². The Morgan fingerprint density at radius 3 is 1.91 bits per heavy atom. The van der Waals surface area contributed by atoms with Gasteiger partial charge in [0, 0.05) is 24.1 Å². The average molecular weight is 789 g/mol. The lowest BCUT2D eigenvalue weighted by Crippen LogP contribution is -2.41. The largest absolute Gasteiger partial charge is 0.394 e. The monoisotopic (exact) mass is 789 g/mol. The average Bonchev–Trinajstić information content (AvgIpc) is 2.75. The van der Waals surface area contributed by atoms with Crippen LogP contribution in [0.15, 0.2) is 0 Å². The van der Waals surface area contributed by atoms with Crippen LogP contribution in [0.3, 0.4) is 0 Å². The summed E-state index contributed by atoms with van der Waals surface area (Å²) in [5.41, 5.74) is 0.750. The van der Waals surface area contributed by atoms with Gasteiger partial charge in [-0.2, -0.15) is 0 Å². The van der Waals surface area contributed by atoms with Gasteiger partial charge in [0.2, 0.25) is 5.91 Å². The predicted octanol–water partition coefficient (Wildman–Crippen LogP) is 0.429. The van der Waals surface area contributed by atoms with Gasteiger partial charge in [0.1, 0.15) is 0 Å². The number of aliphatic hydroxyl groups is 4. The summed E-state index contributed by atoms with van der Waals surface area (Å²) in [6.45, 7) is 0.229. The minimum atomic E-state index is -0.907. The fourth-order valence-electron chi connectivity index (χ4n) is 2.82. The number of anilines is 1. The molecule has 0 saturated carbocycles. The fourth-order valence-corrected chi connectivity index (χ4v) is 7.55. The van der Waals surface area contributed by atoms with Gasteiger partial charge >= 0.3 is 0 Å². The van der Waals surface area contributed by atoms with Crippen LogP contribution in [0.25, 0.3) is 0 Å². The van der Waals surface area contributed by atoms with Gasteiger partial charge in [-0.15, -0.1) is 0 Å². The van der Waals surface area contributed by atoms with Crippen LogP contribution in [0, 0.1) is 10.7 Å². The molecule has 0 aromatic heterocycles. The van der Waals surface area contributed by atoms with Crippen molar-refractivity contribution in [3.8, 4) is 0 Å². The van der Waals surface area contributed by atoms with E-state index in [-0.39, 0.29) is 36.6 Å². The number of halogens is 3. The second kappa shape index (κ2) is 14.1. The van der Waals surface area contributed by atoms with E-state index < -0.39 is 37.2 Å². The standard InChI is InChI=1S/C19H26I3N3O7/c1-9(29)25(5-3-4-11(30)8-28)17-15(21)12(18(31)23-2)14(20)13(16(17)22)19(32)24-10(6-26)7-27/h10-11,26-28,30H,3-8H2,1-2H3,(H,23,31)(H,24,32). The van der Waals surface area contributed by atoms with Crippen LogP contribution in [-0.4, -0.2) is 83.7 Å². The molecule has 0 saturated heterocycles. The molecule has 180 valence electrons. The maximum absolute atomic E-state index is 13.0. The second-order valence-electron chi connectivity index (χ2n) is 6.80. The van der Waals surface area contributed by atoms with Crippen molar-refractivity contribution < 1.29 is 34.8 Å². The molecular weight excluding hydrogens is 763 g/mol. The normalized spacial score (nSPS) is 11.9. The van der Waals surface area contributed by atoms with E-state index in [1.807, 2.05) is 67.8 Å². The quantitative estimate of drug-likeness (QED) is 0.178. The molecule has 0 aliphatic rings. The van der Waals surface area contributed by atoms with Crippen molar-refractivity contribution in [2.24, 2.45) is 0 Å². The molecule has 1 aromatic rings. The number of carbonyl (C=O) groups excluding carboxylic acids is 3. The van der Waals surface area contributed by atoms with Crippen LogP contribution in [-0.2, 0) is 4.79 Å². The highest BCUT2D eigenvalue weighted by molar-refractivity contribution is 14.1. The van der Waals surface area contributed by atoms with Gasteiger partial charge in [0.15, 0.2) is 0 Å². The zero-order valence-corrected chi connectivity index (χ0v) is 24.0. The SMILES string of the molecule is CNC(=O)c1c(I)c(C(=O)NC(CO)CO)c(I)c(N(CCCC(O)CO)C(C)=O)c1I. The van der Waals surface area contributed by atoms with Gasteiger partial charge in [-0.25, -0.2) is 0 Å².